The maximum atomic E-state index is 12.4. The molecule has 0 aliphatic carbocycles. The number of benzene rings is 2. The quantitative estimate of drug-likeness (QED) is 0.825. The van der Waals surface area contributed by atoms with Crippen LogP contribution in [0.3, 0.4) is 0 Å². The normalized spacial score (nSPS) is 10.3. The topological polar surface area (TPSA) is 67.9 Å². The second kappa shape index (κ2) is 8.89. The van der Waals surface area contributed by atoms with Crippen molar-refractivity contribution in [1.29, 1.82) is 0 Å². The van der Waals surface area contributed by atoms with Gasteiger partial charge in [0.05, 0.1) is 18.9 Å². The molecule has 0 aliphatic heterocycles. The molecule has 0 radical (unpaired) electrons. The highest BCUT2D eigenvalue weighted by Gasteiger charge is 2.19. The molecular formula is C20H24N2O4. The number of ether oxygens (including phenoxy) is 2. The summed E-state index contributed by atoms with van der Waals surface area (Å²) < 4.78 is 10.9. The van der Waals surface area contributed by atoms with Crippen molar-refractivity contribution in [2.75, 3.05) is 23.9 Å². The Labute approximate surface area is 153 Å². The molecule has 0 saturated carbocycles. The van der Waals surface area contributed by atoms with Crippen LogP contribution in [0.2, 0.25) is 0 Å². The van der Waals surface area contributed by atoms with E-state index in [0.717, 1.165) is 5.75 Å². The van der Waals surface area contributed by atoms with Gasteiger partial charge in [-0.15, -0.1) is 0 Å². The summed E-state index contributed by atoms with van der Waals surface area (Å²) in [6, 6.07) is 14.2. The van der Waals surface area contributed by atoms with Crippen molar-refractivity contribution in [2.45, 2.75) is 26.9 Å². The minimum Gasteiger partial charge on any atom is -0.495 e. The predicted molar refractivity (Wildman–Crippen MR) is 102 cm³/mol. The number of hydrogen-bond acceptors (Lipinski definition) is 4. The molecule has 1 N–H and O–H groups in total. The molecule has 2 rings (SSSR count). The van der Waals surface area contributed by atoms with E-state index >= 15 is 0 Å². The minimum absolute atomic E-state index is 0.0837. The van der Waals surface area contributed by atoms with Crippen molar-refractivity contribution in [3.8, 4) is 11.5 Å². The average Bonchev–Trinajstić information content (AvgIpc) is 2.60. The van der Waals surface area contributed by atoms with E-state index in [-0.39, 0.29) is 24.5 Å². The monoisotopic (exact) mass is 356 g/mol. The van der Waals surface area contributed by atoms with E-state index in [2.05, 4.69) is 5.32 Å². The Balaban J connectivity index is 2.07. The Morgan fingerprint density at radius 1 is 1.08 bits per heavy atom. The first-order valence-electron chi connectivity index (χ1n) is 8.38. The zero-order valence-corrected chi connectivity index (χ0v) is 15.5. The van der Waals surface area contributed by atoms with Gasteiger partial charge in [-0.3, -0.25) is 14.5 Å². The van der Waals surface area contributed by atoms with Crippen LogP contribution < -0.4 is 19.7 Å². The summed E-state index contributed by atoms with van der Waals surface area (Å²) in [5, 5.41) is 2.79. The number of carbonyl (C=O) groups excluding carboxylic acids is 2. The van der Waals surface area contributed by atoms with Gasteiger partial charge in [0, 0.05) is 12.6 Å². The van der Waals surface area contributed by atoms with Crippen molar-refractivity contribution in [3.63, 3.8) is 0 Å². The maximum absolute atomic E-state index is 12.4. The summed E-state index contributed by atoms with van der Waals surface area (Å²) in [6.07, 6.45) is 0.0837. The third-order valence-electron chi connectivity index (χ3n) is 3.57. The first-order valence-corrected chi connectivity index (χ1v) is 8.38. The van der Waals surface area contributed by atoms with E-state index in [4.69, 9.17) is 9.47 Å². The van der Waals surface area contributed by atoms with Crippen LogP contribution in [0.1, 0.15) is 20.8 Å². The summed E-state index contributed by atoms with van der Waals surface area (Å²) in [5.74, 6) is 0.719. The van der Waals surface area contributed by atoms with Crippen LogP contribution >= 0.6 is 0 Å². The largest absolute Gasteiger partial charge is 0.495 e. The summed E-state index contributed by atoms with van der Waals surface area (Å²) >= 11 is 0. The van der Waals surface area contributed by atoms with Gasteiger partial charge in [-0.1, -0.05) is 12.1 Å². The molecule has 0 spiro atoms. The molecule has 0 unspecified atom stereocenters. The highest BCUT2D eigenvalue weighted by atomic mass is 16.5. The lowest BCUT2D eigenvalue weighted by Crippen LogP contribution is -2.36. The van der Waals surface area contributed by atoms with Gasteiger partial charge in [0.25, 0.3) is 0 Å². The highest BCUT2D eigenvalue weighted by molar-refractivity contribution is 6.02. The van der Waals surface area contributed by atoms with Gasteiger partial charge in [-0.25, -0.2) is 0 Å². The van der Waals surface area contributed by atoms with Crippen molar-refractivity contribution in [1.82, 2.24) is 0 Å². The third-order valence-corrected chi connectivity index (χ3v) is 3.57. The number of rotatable bonds is 7. The molecule has 0 aromatic heterocycles. The average molecular weight is 356 g/mol. The number of methoxy groups -OCH3 is 1. The first-order chi connectivity index (χ1) is 12.4. The van der Waals surface area contributed by atoms with Crippen molar-refractivity contribution < 1.29 is 19.1 Å². The molecule has 0 bridgehead atoms. The van der Waals surface area contributed by atoms with E-state index in [1.165, 1.54) is 18.9 Å². The number of amides is 2. The molecule has 26 heavy (non-hydrogen) atoms. The van der Waals surface area contributed by atoms with Crippen molar-refractivity contribution >= 4 is 23.2 Å². The van der Waals surface area contributed by atoms with Gasteiger partial charge in [0.15, 0.2) is 0 Å². The molecule has 0 atom stereocenters. The number of hydrogen-bond donors (Lipinski definition) is 1. The van der Waals surface area contributed by atoms with Gasteiger partial charge in [0.2, 0.25) is 11.8 Å². The van der Waals surface area contributed by atoms with E-state index in [1.54, 1.807) is 42.5 Å². The summed E-state index contributed by atoms with van der Waals surface area (Å²) in [6.45, 7) is 5.20. The second-order valence-electron chi connectivity index (χ2n) is 6.02. The van der Waals surface area contributed by atoms with Gasteiger partial charge in [-0.2, -0.15) is 0 Å². The molecule has 2 aromatic rings. The Morgan fingerprint density at radius 2 is 1.73 bits per heavy atom. The standard InChI is InChI=1S/C20H24N2O4/c1-14(2)26-17-11-9-16(10-12-17)21-20(24)13-22(15(3)23)18-7-5-6-8-19(18)25-4/h5-12,14H,13H2,1-4H3,(H,21,24). The number of nitrogens with zero attached hydrogens (tertiary/aromatic N) is 1. The fourth-order valence-corrected chi connectivity index (χ4v) is 2.45. The molecule has 0 aliphatic rings. The third kappa shape index (κ3) is 5.24. The van der Waals surface area contributed by atoms with Crippen LogP contribution in [0.15, 0.2) is 48.5 Å². The van der Waals surface area contributed by atoms with Gasteiger partial charge >= 0.3 is 0 Å². The fourth-order valence-electron chi connectivity index (χ4n) is 2.45. The summed E-state index contributed by atoms with van der Waals surface area (Å²) in [4.78, 5) is 25.8. The zero-order valence-electron chi connectivity index (χ0n) is 15.5. The number of carbonyl (C=O) groups is 2. The lowest BCUT2D eigenvalue weighted by atomic mass is 10.2. The molecule has 0 saturated heterocycles. The van der Waals surface area contributed by atoms with E-state index in [0.29, 0.717) is 17.1 Å². The number of nitrogens with one attached hydrogen (secondary N) is 1. The van der Waals surface area contributed by atoms with E-state index in [1.807, 2.05) is 19.9 Å². The Bertz CT molecular complexity index is 757. The zero-order chi connectivity index (χ0) is 19.1. The molecule has 138 valence electrons. The van der Waals surface area contributed by atoms with Crippen LogP contribution in [0.5, 0.6) is 11.5 Å². The Morgan fingerprint density at radius 3 is 2.31 bits per heavy atom. The van der Waals surface area contributed by atoms with Crippen LogP contribution in [-0.4, -0.2) is 31.6 Å². The van der Waals surface area contributed by atoms with Crippen LogP contribution in [-0.2, 0) is 9.59 Å². The van der Waals surface area contributed by atoms with Crippen molar-refractivity contribution in [2.24, 2.45) is 0 Å². The summed E-state index contributed by atoms with van der Waals surface area (Å²) in [5.41, 5.74) is 1.19. The molecule has 2 aromatic carbocycles. The molecule has 2 amide bonds. The fraction of sp³-hybridized carbons (Fsp3) is 0.300. The second-order valence-corrected chi connectivity index (χ2v) is 6.02. The summed E-state index contributed by atoms with van der Waals surface area (Å²) in [7, 11) is 1.53. The smallest absolute Gasteiger partial charge is 0.244 e. The van der Waals surface area contributed by atoms with E-state index in [9.17, 15) is 9.59 Å². The van der Waals surface area contributed by atoms with E-state index < -0.39 is 0 Å². The molecular weight excluding hydrogens is 332 g/mol. The Kier molecular flexibility index (Phi) is 6.60. The molecule has 6 heteroatoms. The lowest BCUT2D eigenvalue weighted by molar-refractivity contribution is -0.120. The highest BCUT2D eigenvalue weighted by Crippen LogP contribution is 2.27. The van der Waals surface area contributed by atoms with Crippen LogP contribution in [0.4, 0.5) is 11.4 Å². The van der Waals surface area contributed by atoms with Crippen molar-refractivity contribution in [3.05, 3.63) is 48.5 Å². The number of anilines is 2. The SMILES string of the molecule is COc1ccccc1N(CC(=O)Nc1ccc(OC(C)C)cc1)C(C)=O. The van der Waals surface area contributed by atoms with Crippen LogP contribution in [0, 0.1) is 0 Å². The molecule has 6 nitrogen and oxygen atoms in total. The minimum atomic E-state index is -0.302. The van der Waals surface area contributed by atoms with Gasteiger partial charge < -0.3 is 14.8 Å². The molecule has 0 fully saturated rings. The van der Waals surface area contributed by atoms with Crippen LogP contribution in [0.25, 0.3) is 0 Å². The van der Waals surface area contributed by atoms with Gasteiger partial charge in [-0.05, 0) is 50.2 Å². The first kappa shape index (κ1) is 19.3. The maximum Gasteiger partial charge on any atom is 0.244 e. The van der Waals surface area contributed by atoms with Gasteiger partial charge in [0.1, 0.15) is 18.0 Å². The predicted octanol–water partition coefficient (Wildman–Crippen LogP) is 3.47. The lowest BCUT2D eigenvalue weighted by Gasteiger charge is -2.22. The Hall–Kier alpha value is -3.02. The molecule has 0 heterocycles. The number of para-hydroxylation sites is 2.